The molecule has 0 saturated heterocycles. The van der Waals surface area contributed by atoms with Gasteiger partial charge in [0.15, 0.2) is 0 Å². The number of hydrogen-bond acceptors (Lipinski definition) is 1. The monoisotopic (exact) mass is 230 g/mol. The molecule has 14 heavy (non-hydrogen) atoms. The van der Waals surface area contributed by atoms with Gasteiger partial charge in [0.05, 0.1) is 0 Å². The maximum absolute atomic E-state index is 4.64. The van der Waals surface area contributed by atoms with Crippen LogP contribution in [0.25, 0.3) is 0 Å². The summed E-state index contributed by atoms with van der Waals surface area (Å²) in [6.07, 6.45) is 5.07. The summed E-state index contributed by atoms with van der Waals surface area (Å²) in [5, 5.41) is 0.598. The van der Waals surface area contributed by atoms with Crippen LogP contribution in [0.2, 0.25) is 0 Å². The van der Waals surface area contributed by atoms with E-state index in [1.165, 1.54) is 18.4 Å². The molecule has 0 fully saturated rings. The Hall–Kier alpha value is 0.520. The lowest BCUT2D eigenvalue weighted by Gasteiger charge is -2.35. The summed E-state index contributed by atoms with van der Waals surface area (Å²) >= 11 is 4.64. The maximum Gasteiger partial charge on any atom is 0.0168 e. The highest BCUT2D eigenvalue weighted by molar-refractivity contribution is 7.81. The molecule has 0 amide bonds. The summed E-state index contributed by atoms with van der Waals surface area (Å²) in [5.74, 6) is 1.45. The van der Waals surface area contributed by atoms with E-state index in [4.69, 9.17) is 0 Å². The van der Waals surface area contributed by atoms with Crippen LogP contribution in [-0.4, -0.2) is 10.4 Å². The van der Waals surface area contributed by atoms with Crippen LogP contribution >= 0.6 is 21.9 Å². The van der Waals surface area contributed by atoms with Gasteiger partial charge in [-0.25, -0.2) is 0 Å². The molecule has 1 aliphatic carbocycles. The van der Waals surface area contributed by atoms with Crippen LogP contribution in [0.1, 0.15) is 40.5 Å². The number of rotatable bonds is 1. The second-order valence-corrected chi connectivity index (χ2v) is 6.72. The van der Waals surface area contributed by atoms with Gasteiger partial charge in [-0.1, -0.05) is 32.4 Å². The molecule has 0 bridgehead atoms. The fourth-order valence-corrected chi connectivity index (χ4v) is 2.95. The first-order valence-electron chi connectivity index (χ1n) is 5.54. The van der Waals surface area contributed by atoms with Crippen molar-refractivity contribution in [2.24, 2.45) is 11.8 Å². The third-order valence-corrected chi connectivity index (χ3v) is 5.83. The predicted octanol–water partition coefficient (Wildman–Crippen LogP) is 3.93. The molecule has 0 spiro atoms. The van der Waals surface area contributed by atoms with E-state index in [2.05, 4.69) is 55.6 Å². The number of allylic oxidation sites excluding steroid dienone is 2. The molecule has 0 N–H and O–H groups in total. The van der Waals surface area contributed by atoms with E-state index in [-0.39, 0.29) is 5.16 Å². The number of hydrogen-bond donors (Lipinski definition) is 1. The standard InChI is InChI=1S/C12H23PS/c1-8-5-6-10(3)12(13,11(4)14)7-9(8)2/h7-8,10-11,14H,5-6,13H2,1-4H3/t8?,10?,11?,12-/m0/s1. The molecule has 5 atom stereocenters. The Morgan fingerprint density at radius 1 is 1.50 bits per heavy atom. The first-order chi connectivity index (χ1) is 6.38. The Kier molecular flexibility index (Phi) is 4.11. The average molecular weight is 230 g/mol. The molecular formula is C12H23PS. The molecule has 0 saturated carbocycles. The van der Waals surface area contributed by atoms with Crippen LogP contribution in [0.4, 0.5) is 0 Å². The van der Waals surface area contributed by atoms with Gasteiger partial charge in [0.2, 0.25) is 0 Å². The van der Waals surface area contributed by atoms with Gasteiger partial charge in [0.25, 0.3) is 0 Å². The van der Waals surface area contributed by atoms with Gasteiger partial charge in [-0.3, -0.25) is 0 Å². The minimum atomic E-state index is 0.192. The van der Waals surface area contributed by atoms with E-state index in [1.54, 1.807) is 0 Å². The Morgan fingerprint density at radius 2 is 2.07 bits per heavy atom. The van der Waals surface area contributed by atoms with Crippen molar-refractivity contribution in [2.75, 3.05) is 0 Å². The second kappa shape index (κ2) is 4.58. The van der Waals surface area contributed by atoms with Crippen LogP contribution in [0.15, 0.2) is 11.6 Å². The van der Waals surface area contributed by atoms with E-state index in [0.29, 0.717) is 11.2 Å². The lowest BCUT2D eigenvalue weighted by Crippen LogP contribution is -2.35. The Labute approximate surface area is 96.5 Å². The van der Waals surface area contributed by atoms with Crippen molar-refractivity contribution in [3.05, 3.63) is 11.6 Å². The van der Waals surface area contributed by atoms with Crippen LogP contribution in [-0.2, 0) is 0 Å². The van der Waals surface area contributed by atoms with Crippen LogP contribution in [0, 0.1) is 11.8 Å². The molecule has 0 heterocycles. The van der Waals surface area contributed by atoms with Crippen LogP contribution < -0.4 is 0 Å². The van der Waals surface area contributed by atoms with Crippen molar-refractivity contribution in [2.45, 2.75) is 50.9 Å². The summed E-state index contributed by atoms with van der Waals surface area (Å²) < 4.78 is 0. The quantitative estimate of drug-likeness (QED) is 0.394. The zero-order valence-electron chi connectivity index (χ0n) is 9.75. The van der Waals surface area contributed by atoms with E-state index < -0.39 is 0 Å². The van der Waals surface area contributed by atoms with Gasteiger partial charge in [0, 0.05) is 10.4 Å². The topological polar surface area (TPSA) is 0 Å². The van der Waals surface area contributed by atoms with Gasteiger partial charge < -0.3 is 0 Å². The predicted molar refractivity (Wildman–Crippen MR) is 72.2 cm³/mol. The van der Waals surface area contributed by atoms with Gasteiger partial charge >= 0.3 is 0 Å². The summed E-state index contributed by atoms with van der Waals surface area (Å²) in [6, 6.07) is 0. The molecule has 0 aliphatic heterocycles. The van der Waals surface area contributed by atoms with E-state index >= 15 is 0 Å². The lowest BCUT2D eigenvalue weighted by atomic mass is 9.87. The number of thiol groups is 1. The molecule has 1 aliphatic rings. The van der Waals surface area contributed by atoms with Crippen LogP contribution in [0.3, 0.4) is 0 Å². The normalized spacial score (nSPS) is 41.4. The molecular weight excluding hydrogens is 207 g/mol. The van der Waals surface area contributed by atoms with Crippen molar-refractivity contribution >= 4 is 21.9 Å². The molecule has 0 radical (unpaired) electrons. The van der Waals surface area contributed by atoms with E-state index in [0.717, 1.165) is 5.92 Å². The Balaban J connectivity index is 3.01. The first kappa shape index (κ1) is 12.6. The first-order valence-corrected chi connectivity index (χ1v) is 6.63. The highest BCUT2D eigenvalue weighted by Gasteiger charge is 2.35. The second-order valence-electron chi connectivity index (χ2n) is 4.94. The zero-order chi connectivity index (χ0) is 10.9. The largest absolute Gasteiger partial charge is 0.175 e. The molecule has 0 nitrogen and oxygen atoms in total. The van der Waals surface area contributed by atoms with Crippen molar-refractivity contribution in [3.8, 4) is 0 Å². The summed E-state index contributed by atoms with van der Waals surface area (Å²) in [4.78, 5) is 0. The van der Waals surface area contributed by atoms with E-state index in [9.17, 15) is 0 Å². The van der Waals surface area contributed by atoms with Crippen molar-refractivity contribution < 1.29 is 0 Å². The van der Waals surface area contributed by atoms with Gasteiger partial charge in [-0.05, 0) is 31.6 Å². The zero-order valence-corrected chi connectivity index (χ0v) is 11.8. The molecule has 0 aromatic heterocycles. The molecule has 0 aromatic carbocycles. The molecule has 1 rings (SSSR count). The molecule has 4 unspecified atom stereocenters. The third-order valence-electron chi connectivity index (χ3n) is 3.86. The summed E-state index contributed by atoms with van der Waals surface area (Å²) in [5.41, 5.74) is 1.53. The summed E-state index contributed by atoms with van der Waals surface area (Å²) in [7, 11) is 3.04. The van der Waals surface area contributed by atoms with Gasteiger partial charge in [-0.15, -0.1) is 9.24 Å². The minimum absolute atomic E-state index is 0.192. The van der Waals surface area contributed by atoms with E-state index in [1.807, 2.05) is 0 Å². The van der Waals surface area contributed by atoms with Crippen molar-refractivity contribution in [1.82, 2.24) is 0 Å². The fraction of sp³-hybridized carbons (Fsp3) is 0.833. The SMILES string of the molecule is CC1=C[C@@](P)(C(C)S)C(C)CCC1C. The highest BCUT2D eigenvalue weighted by Crippen LogP contribution is 2.43. The Bertz CT molecular complexity index is 234. The average Bonchev–Trinajstić information content (AvgIpc) is 2.19. The van der Waals surface area contributed by atoms with Crippen molar-refractivity contribution in [1.29, 1.82) is 0 Å². The fourth-order valence-electron chi connectivity index (χ4n) is 2.19. The minimum Gasteiger partial charge on any atom is -0.175 e. The Morgan fingerprint density at radius 3 is 2.57 bits per heavy atom. The highest BCUT2D eigenvalue weighted by atomic mass is 32.1. The molecule has 0 aromatic rings. The molecule has 2 heteroatoms. The smallest absolute Gasteiger partial charge is 0.0168 e. The maximum atomic E-state index is 4.64. The van der Waals surface area contributed by atoms with Crippen molar-refractivity contribution in [3.63, 3.8) is 0 Å². The molecule has 82 valence electrons. The summed E-state index contributed by atoms with van der Waals surface area (Å²) in [6.45, 7) is 9.14. The lowest BCUT2D eigenvalue weighted by molar-refractivity contribution is 0.418. The third kappa shape index (κ3) is 2.36. The van der Waals surface area contributed by atoms with Crippen LogP contribution in [0.5, 0.6) is 0 Å². The van der Waals surface area contributed by atoms with Gasteiger partial charge in [0.1, 0.15) is 0 Å². The van der Waals surface area contributed by atoms with Gasteiger partial charge in [-0.2, -0.15) is 12.6 Å².